The quantitative estimate of drug-likeness (QED) is 0.0105. The van der Waals surface area contributed by atoms with E-state index in [2.05, 4.69) is 99.7 Å². The fourth-order valence-electron chi connectivity index (χ4n) is 17.9. The minimum Gasteiger partial charge on any atom is -0.481 e. The lowest BCUT2D eigenvalue weighted by Crippen LogP contribution is -2.79. The van der Waals surface area contributed by atoms with Gasteiger partial charge in [0.1, 0.15) is 49.8 Å². The number of aliphatic carboxylic acids is 4. The zero-order valence-corrected chi connectivity index (χ0v) is 60.7. The first-order valence-corrected chi connectivity index (χ1v) is 40.6. The van der Waals surface area contributed by atoms with Crippen LogP contribution in [-0.2, 0) is 63.0 Å². The van der Waals surface area contributed by atoms with E-state index in [1.807, 2.05) is 0 Å². The van der Waals surface area contributed by atoms with Crippen LogP contribution in [0.3, 0.4) is 0 Å². The van der Waals surface area contributed by atoms with Crippen molar-refractivity contribution >= 4 is 74.1 Å². The number of carbonyl (C=O) groups is 5. The number of aliphatic hydroxyl groups is 4. The molecule has 46 heteroatoms. The normalized spacial score (nSPS) is 41.6. The number of nitrogens with zero attached hydrogens (tertiary/aromatic N) is 4. The molecular formula is C59H103N17O25S4. The predicted octanol–water partition coefficient (Wildman–Crippen LogP) is -2.98. The first-order chi connectivity index (χ1) is 50.1. The Hall–Kier alpha value is -3.81. The molecule has 8 saturated carbocycles. The summed E-state index contributed by atoms with van der Waals surface area (Å²) in [7, 11) is -9.27. The summed E-state index contributed by atoms with van der Waals surface area (Å²) in [5, 5.41) is 167. The van der Waals surface area contributed by atoms with E-state index in [1.54, 1.807) is 0 Å². The number of carbonyl (C=O) groups excluding carboxylic acids is 1. The Morgan fingerprint density at radius 3 is 1.11 bits per heavy atom. The number of hydrogen-bond acceptors (Lipinski definition) is 37. The highest BCUT2D eigenvalue weighted by atomic mass is 32.2. The number of amides is 1. The molecule has 2 saturated heterocycles. The Labute approximate surface area is 614 Å². The lowest BCUT2D eigenvalue weighted by atomic mass is 9.65. The molecule has 0 bridgehead atoms. The zero-order valence-electron chi connectivity index (χ0n) is 57.4. The second kappa shape index (κ2) is 38.4. The molecule has 24 unspecified atom stereocenters. The molecule has 0 radical (unpaired) electrons. The molecule has 105 heavy (non-hydrogen) atoms. The van der Waals surface area contributed by atoms with E-state index in [9.17, 15) is 90.8 Å². The zero-order chi connectivity index (χ0) is 75.4. The van der Waals surface area contributed by atoms with Gasteiger partial charge in [-0.1, -0.05) is 10.1 Å². The van der Waals surface area contributed by atoms with Crippen molar-refractivity contribution in [2.75, 3.05) is 26.3 Å². The molecule has 25 N–H and O–H groups in total. The fraction of sp³-hybridized carbons (Fsp3) is 0.915. The van der Waals surface area contributed by atoms with E-state index >= 15 is 0 Å². The van der Waals surface area contributed by atoms with Gasteiger partial charge in [0.2, 0.25) is 5.91 Å². The summed E-state index contributed by atoms with van der Waals surface area (Å²) in [5.41, 5.74) is 0. The number of carboxylic acid groups (broad SMARTS) is 4. The van der Waals surface area contributed by atoms with E-state index in [-0.39, 0.29) is 133 Å². The second-order valence-corrected chi connectivity index (χ2v) is 34.9. The SMILES string of the molecule is O=C(O)C1CC(N=NC2C(SOOO)CC3CC(S(=O)(=O)O)CC(NC4NC(NCCO)NC(NC5CCC(NC(=O)C6CCC(NC7NC(NCCO)NC(NC8CC(S(=O)(=O)O)CC9CC(SOOO)C(N=NC%10CC(C(=O)O)CC(C(=O)O)C%10)C(O)C98)N7)CC6)CC5)N4)C3C2O)CC(C(=O)O)C1. The highest BCUT2D eigenvalue weighted by molar-refractivity contribution is 7.95. The number of fused-ring (bicyclic) bond motifs is 2. The Morgan fingerprint density at radius 2 is 0.771 bits per heavy atom. The number of hydrogen-bond donors (Lipinski definition) is 25. The summed E-state index contributed by atoms with van der Waals surface area (Å²) in [6.45, 7) is -0.0969. The van der Waals surface area contributed by atoms with Crippen LogP contribution in [0.4, 0.5) is 0 Å². The largest absolute Gasteiger partial charge is 0.481 e. The van der Waals surface area contributed by atoms with E-state index in [0.29, 0.717) is 75.5 Å². The molecular weight excluding hydrogens is 1480 g/mol. The lowest BCUT2D eigenvalue weighted by molar-refractivity contribution is -0.432. The Balaban J connectivity index is 0.728. The standard InChI is InChI=1S/C59H103N17O25S4/c77-11-9-60-54-67-56(71-58(69-54)65-39-23-37(104(92,93)94)19-26-21-41(102-100-98-90)45(47(79)43(26)39)75-73-35-15-28(50(82)83)13-29(16-35)51(84)85)63-33-3-1-25(2-4-33)49(81)62-32-5-7-34(8-6-32)64-57-68-55(61-10-12-78)70-59(72-57)66-40-24-38(105(95,96)97)20-27-22-42(103-101-99-91)46(48(80)44(27)40)76-74-36-17-30(52(86)87)14-31(18-36)53(88)89/h25-48,54-61,63-72,77-80,90-91H,1-24H2,(H,62,81)(H,82,83)(H,84,85)(H,86,87)(H,88,89)(H,92,93,94)(H,95,96,97). The predicted molar refractivity (Wildman–Crippen MR) is 366 cm³/mol. The molecule has 0 aromatic carbocycles. The molecule has 2 aliphatic heterocycles. The molecule has 10 fully saturated rings. The Kier molecular flexibility index (Phi) is 30.6. The molecule has 0 aromatic heterocycles. The van der Waals surface area contributed by atoms with Gasteiger partial charge in [0.25, 0.3) is 20.2 Å². The maximum atomic E-state index is 14.0. The number of aliphatic hydroxyl groups excluding tert-OH is 4. The third kappa shape index (κ3) is 22.7. The Morgan fingerprint density at radius 1 is 0.429 bits per heavy atom. The van der Waals surface area contributed by atoms with Crippen molar-refractivity contribution in [1.82, 2.24) is 69.1 Å². The van der Waals surface area contributed by atoms with Crippen molar-refractivity contribution in [3.05, 3.63) is 0 Å². The smallest absolute Gasteiger partial charge is 0.306 e. The maximum Gasteiger partial charge on any atom is 0.306 e. The second-order valence-electron chi connectivity index (χ2n) is 29.6. The van der Waals surface area contributed by atoms with Crippen LogP contribution in [0.25, 0.3) is 0 Å². The van der Waals surface area contributed by atoms with Gasteiger partial charge in [-0.25, -0.2) is 10.5 Å². The fourth-order valence-corrected chi connectivity index (χ4v) is 21.3. The summed E-state index contributed by atoms with van der Waals surface area (Å²) in [6, 6.07) is -5.82. The number of azo groups is 2. The number of nitrogens with one attached hydrogen (secondary N) is 13. The van der Waals surface area contributed by atoms with Crippen LogP contribution in [0.15, 0.2) is 20.5 Å². The van der Waals surface area contributed by atoms with E-state index in [0.717, 1.165) is 0 Å². The van der Waals surface area contributed by atoms with Crippen molar-refractivity contribution in [2.45, 2.75) is 254 Å². The summed E-state index contributed by atoms with van der Waals surface area (Å²) in [4.78, 5) is 62.1. The molecule has 10 aliphatic rings. The molecule has 10 rings (SSSR count). The minimum atomic E-state index is -4.63. The summed E-state index contributed by atoms with van der Waals surface area (Å²) in [6.07, 6.45) is -2.35. The third-order valence-electron chi connectivity index (χ3n) is 22.9. The van der Waals surface area contributed by atoms with E-state index in [4.69, 9.17) is 19.2 Å². The van der Waals surface area contributed by atoms with Crippen molar-refractivity contribution < 1.29 is 120 Å². The number of rotatable bonds is 32. The minimum absolute atomic E-state index is 0.000845. The van der Waals surface area contributed by atoms with Crippen molar-refractivity contribution in [2.24, 2.45) is 73.7 Å². The summed E-state index contributed by atoms with van der Waals surface area (Å²) in [5.74, 6) is -11.7. The molecule has 1 amide bonds. The van der Waals surface area contributed by atoms with Crippen molar-refractivity contribution in [1.29, 1.82) is 0 Å². The van der Waals surface area contributed by atoms with Gasteiger partial charge in [-0.05, 0) is 140 Å². The molecule has 24 atom stereocenters. The molecule has 598 valence electrons. The van der Waals surface area contributed by atoms with Gasteiger partial charge < -0.3 is 46.2 Å². The summed E-state index contributed by atoms with van der Waals surface area (Å²) >= 11 is 1.21. The van der Waals surface area contributed by atoms with Crippen LogP contribution in [0.1, 0.15) is 128 Å². The molecule has 42 nitrogen and oxygen atoms in total. The highest BCUT2D eigenvalue weighted by Gasteiger charge is 2.56. The summed E-state index contributed by atoms with van der Waals surface area (Å²) < 4.78 is 82.3. The van der Waals surface area contributed by atoms with E-state index < -0.39 is 199 Å². The first-order valence-electron chi connectivity index (χ1n) is 35.9. The van der Waals surface area contributed by atoms with Crippen LogP contribution in [0.2, 0.25) is 0 Å². The van der Waals surface area contributed by atoms with Crippen LogP contribution in [0.5, 0.6) is 0 Å². The average Bonchev–Trinajstić information content (AvgIpc) is 0.760. The third-order valence-corrected chi connectivity index (χ3v) is 27.0. The van der Waals surface area contributed by atoms with Crippen LogP contribution >= 0.6 is 24.1 Å². The maximum absolute atomic E-state index is 14.0. The van der Waals surface area contributed by atoms with Crippen LogP contribution < -0.4 is 69.1 Å². The monoisotopic (exact) mass is 1580 g/mol. The lowest BCUT2D eigenvalue weighted by Gasteiger charge is -2.51. The highest BCUT2D eigenvalue weighted by Crippen LogP contribution is 2.49. The van der Waals surface area contributed by atoms with E-state index in [1.165, 1.54) is 0 Å². The van der Waals surface area contributed by atoms with Gasteiger partial charge >= 0.3 is 23.9 Å². The van der Waals surface area contributed by atoms with Gasteiger partial charge in [-0.15, -0.1) is 8.67 Å². The topological polar surface area (TPSA) is 639 Å². The van der Waals surface area contributed by atoms with Gasteiger partial charge in [-0.2, -0.15) is 37.3 Å². The van der Waals surface area contributed by atoms with Gasteiger partial charge in [-0.3, -0.25) is 96.9 Å². The van der Waals surface area contributed by atoms with Crippen LogP contribution in [0, 0.1) is 53.3 Å². The molecule has 0 spiro atoms. The molecule has 2 heterocycles. The van der Waals surface area contributed by atoms with Gasteiger partial charge in [0.15, 0.2) is 0 Å². The average molecular weight is 1580 g/mol. The van der Waals surface area contributed by atoms with Gasteiger partial charge in [0.05, 0.1) is 82.2 Å². The van der Waals surface area contributed by atoms with Gasteiger partial charge in [0, 0.05) is 85.1 Å². The Bertz CT molecular complexity index is 3140. The number of carboxylic acids is 4. The molecule has 0 aromatic rings. The van der Waals surface area contributed by atoms with Crippen molar-refractivity contribution in [3.8, 4) is 0 Å². The molecule has 8 aliphatic carbocycles. The van der Waals surface area contributed by atoms with Crippen molar-refractivity contribution in [3.63, 3.8) is 0 Å². The van der Waals surface area contributed by atoms with Crippen LogP contribution in [-0.4, -0.2) is 259 Å². The first kappa shape index (κ1) is 83.7.